The minimum absolute atomic E-state index is 0.177. The lowest BCUT2D eigenvalue weighted by Crippen LogP contribution is -2.49. The minimum atomic E-state index is 0.177. The summed E-state index contributed by atoms with van der Waals surface area (Å²) in [5.74, 6) is 1.86. The Balaban J connectivity index is 2.14. The molecule has 0 aliphatic heterocycles. The molecule has 0 saturated heterocycles. The Hall–Kier alpha value is -0.0800. The van der Waals surface area contributed by atoms with Gasteiger partial charge in [-0.1, -0.05) is 39.5 Å². The molecule has 2 heteroatoms. The third-order valence-corrected chi connectivity index (χ3v) is 4.10. The average molecular weight is 226 g/mol. The zero-order valence-electron chi connectivity index (χ0n) is 11.4. The van der Waals surface area contributed by atoms with Crippen molar-refractivity contribution in [3.05, 3.63) is 0 Å². The molecular formula is C14H30N2. The van der Waals surface area contributed by atoms with Crippen LogP contribution in [0.4, 0.5) is 0 Å². The van der Waals surface area contributed by atoms with E-state index in [-0.39, 0.29) is 5.54 Å². The lowest BCUT2D eigenvalue weighted by atomic mass is 9.94. The van der Waals surface area contributed by atoms with E-state index in [1.54, 1.807) is 0 Å². The van der Waals surface area contributed by atoms with Crippen LogP contribution in [0.15, 0.2) is 0 Å². The van der Waals surface area contributed by atoms with Crippen molar-refractivity contribution >= 4 is 0 Å². The van der Waals surface area contributed by atoms with Crippen molar-refractivity contribution in [3.8, 4) is 0 Å². The third-order valence-electron chi connectivity index (χ3n) is 4.10. The molecule has 0 aromatic heterocycles. The summed E-state index contributed by atoms with van der Waals surface area (Å²) < 4.78 is 0. The van der Waals surface area contributed by atoms with E-state index in [1.807, 2.05) is 0 Å². The molecule has 0 radical (unpaired) electrons. The van der Waals surface area contributed by atoms with Crippen LogP contribution in [-0.2, 0) is 0 Å². The molecule has 3 atom stereocenters. The Morgan fingerprint density at radius 1 is 1.31 bits per heavy atom. The Bertz CT molecular complexity index is 193. The van der Waals surface area contributed by atoms with Crippen LogP contribution in [-0.4, -0.2) is 18.6 Å². The number of hydrogen-bond donors (Lipinski definition) is 2. The summed E-state index contributed by atoms with van der Waals surface area (Å²) in [4.78, 5) is 0. The van der Waals surface area contributed by atoms with Crippen LogP contribution < -0.4 is 11.1 Å². The van der Waals surface area contributed by atoms with Gasteiger partial charge in [-0.2, -0.15) is 0 Å². The lowest BCUT2D eigenvalue weighted by molar-refractivity contribution is 0.320. The van der Waals surface area contributed by atoms with E-state index in [9.17, 15) is 0 Å². The molecule has 1 aliphatic rings. The summed E-state index contributed by atoms with van der Waals surface area (Å²) in [6.45, 7) is 8.82. The van der Waals surface area contributed by atoms with E-state index >= 15 is 0 Å². The second-order valence-electron chi connectivity index (χ2n) is 5.93. The van der Waals surface area contributed by atoms with Gasteiger partial charge in [0.05, 0.1) is 0 Å². The first-order valence-electron chi connectivity index (χ1n) is 7.06. The molecule has 1 fully saturated rings. The summed E-state index contributed by atoms with van der Waals surface area (Å²) in [6, 6.07) is 0. The fraction of sp³-hybridized carbons (Fsp3) is 1.00. The maximum absolute atomic E-state index is 5.90. The molecule has 0 aromatic carbocycles. The number of nitrogens with one attached hydrogen (secondary N) is 1. The van der Waals surface area contributed by atoms with Crippen LogP contribution in [0.5, 0.6) is 0 Å². The van der Waals surface area contributed by atoms with Gasteiger partial charge in [-0.15, -0.1) is 0 Å². The van der Waals surface area contributed by atoms with Gasteiger partial charge in [0.1, 0.15) is 0 Å². The minimum Gasteiger partial charge on any atom is -0.329 e. The van der Waals surface area contributed by atoms with Crippen molar-refractivity contribution in [1.29, 1.82) is 0 Å². The first kappa shape index (κ1) is 14.0. The zero-order valence-corrected chi connectivity index (χ0v) is 11.4. The van der Waals surface area contributed by atoms with Gasteiger partial charge in [0.25, 0.3) is 0 Å². The van der Waals surface area contributed by atoms with Gasteiger partial charge in [0.15, 0.2) is 0 Å². The molecule has 0 heterocycles. The molecule has 96 valence electrons. The molecule has 0 spiro atoms. The number of nitrogens with two attached hydrogens (primary N) is 1. The Morgan fingerprint density at radius 2 is 2.00 bits per heavy atom. The molecule has 0 bridgehead atoms. The van der Waals surface area contributed by atoms with Gasteiger partial charge in [0.2, 0.25) is 0 Å². The van der Waals surface area contributed by atoms with Crippen LogP contribution in [0.25, 0.3) is 0 Å². The highest BCUT2D eigenvalue weighted by Crippen LogP contribution is 2.37. The molecule has 1 saturated carbocycles. The molecule has 0 aromatic rings. The maximum atomic E-state index is 5.90. The van der Waals surface area contributed by atoms with Gasteiger partial charge < -0.3 is 11.1 Å². The van der Waals surface area contributed by atoms with Gasteiger partial charge in [-0.05, 0) is 38.1 Å². The van der Waals surface area contributed by atoms with E-state index in [2.05, 4.69) is 26.1 Å². The molecule has 3 unspecified atom stereocenters. The Kier molecular flexibility index (Phi) is 5.77. The van der Waals surface area contributed by atoms with Crippen molar-refractivity contribution in [2.75, 3.05) is 13.1 Å². The highest BCUT2D eigenvalue weighted by molar-refractivity contribution is 4.90. The predicted octanol–water partition coefficient (Wildman–Crippen LogP) is 2.92. The SMILES string of the molecule is CCCCCCC(C)(CN)NCC1CC1C. The third kappa shape index (κ3) is 4.84. The van der Waals surface area contributed by atoms with Crippen molar-refractivity contribution in [3.63, 3.8) is 0 Å². The summed E-state index contributed by atoms with van der Waals surface area (Å²) in [5.41, 5.74) is 6.08. The number of hydrogen-bond acceptors (Lipinski definition) is 2. The first-order valence-corrected chi connectivity index (χ1v) is 7.06. The fourth-order valence-corrected chi connectivity index (χ4v) is 2.27. The monoisotopic (exact) mass is 226 g/mol. The van der Waals surface area contributed by atoms with Crippen LogP contribution in [0.3, 0.4) is 0 Å². The normalized spacial score (nSPS) is 27.8. The predicted molar refractivity (Wildman–Crippen MR) is 71.5 cm³/mol. The van der Waals surface area contributed by atoms with Crippen LogP contribution in [0.2, 0.25) is 0 Å². The lowest BCUT2D eigenvalue weighted by Gasteiger charge is -2.30. The highest BCUT2D eigenvalue weighted by Gasteiger charge is 2.34. The van der Waals surface area contributed by atoms with E-state index in [0.29, 0.717) is 0 Å². The largest absolute Gasteiger partial charge is 0.329 e. The van der Waals surface area contributed by atoms with Gasteiger partial charge in [-0.25, -0.2) is 0 Å². The van der Waals surface area contributed by atoms with Gasteiger partial charge in [-0.3, -0.25) is 0 Å². The van der Waals surface area contributed by atoms with E-state index < -0.39 is 0 Å². The van der Waals surface area contributed by atoms with Gasteiger partial charge >= 0.3 is 0 Å². The Morgan fingerprint density at radius 3 is 2.50 bits per heavy atom. The quantitative estimate of drug-likeness (QED) is 0.593. The molecule has 1 rings (SSSR count). The zero-order chi connectivity index (χ0) is 12.0. The average Bonchev–Trinajstić information content (AvgIpc) is 2.98. The second-order valence-corrected chi connectivity index (χ2v) is 5.93. The molecule has 1 aliphatic carbocycles. The van der Waals surface area contributed by atoms with E-state index in [0.717, 1.165) is 18.4 Å². The van der Waals surface area contributed by atoms with E-state index in [4.69, 9.17) is 5.73 Å². The molecule has 3 N–H and O–H groups in total. The van der Waals surface area contributed by atoms with Crippen LogP contribution in [0.1, 0.15) is 59.3 Å². The Labute approximate surface area is 101 Å². The molecular weight excluding hydrogens is 196 g/mol. The maximum Gasteiger partial charge on any atom is 0.0275 e. The topological polar surface area (TPSA) is 38.0 Å². The summed E-state index contributed by atoms with van der Waals surface area (Å²) in [5, 5.41) is 3.69. The van der Waals surface area contributed by atoms with E-state index in [1.165, 1.54) is 45.1 Å². The fourth-order valence-electron chi connectivity index (χ4n) is 2.27. The van der Waals surface area contributed by atoms with Crippen molar-refractivity contribution in [2.45, 2.75) is 64.8 Å². The summed E-state index contributed by atoms with van der Waals surface area (Å²) in [6.07, 6.45) is 7.98. The highest BCUT2D eigenvalue weighted by atomic mass is 15.0. The smallest absolute Gasteiger partial charge is 0.0275 e. The van der Waals surface area contributed by atoms with Crippen molar-refractivity contribution in [2.24, 2.45) is 17.6 Å². The molecule has 2 nitrogen and oxygen atoms in total. The number of unbranched alkanes of at least 4 members (excludes halogenated alkanes) is 3. The molecule has 0 amide bonds. The second kappa shape index (κ2) is 6.61. The van der Waals surface area contributed by atoms with Crippen LogP contribution >= 0.6 is 0 Å². The summed E-state index contributed by atoms with van der Waals surface area (Å²) in [7, 11) is 0. The first-order chi connectivity index (χ1) is 7.61. The summed E-state index contributed by atoms with van der Waals surface area (Å²) >= 11 is 0. The van der Waals surface area contributed by atoms with Gasteiger partial charge in [0, 0.05) is 12.1 Å². The van der Waals surface area contributed by atoms with Crippen LogP contribution in [0, 0.1) is 11.8 Å². The van der Waals surface area contributed by atoms with Crippen molar-refractivity contribution in [1.82, 2.24) is 5.32 Å². The number of rotatable bonds is 9. The standard InChI is InChI=1S/C14H30N2/c1-4-5-6-7-8-14(3,11-15)16-10-13-9-12(13)2/h12-13,16H,4-11,15H2,1-3H3. The molecule has 16 heavy (non-hydrogen) atoms. The van der Waals surface area contributed by atoms with Crippen molar-refractivity contribution < 1.29 is 0 Å².